The molecule has 0 spiro atoms. The van der Waals surface area contributed by atoms with Crippen LogP contribution in [0.2, 0.25) is 0 Å². The fourth-order valence-corrected chi connectivity index (χ4v) is 1.62. The van der Waals surface area contributed by atoms with Gasteiger partial charge in [0.15, 0.2) is 0 Å². The molecule has 1 N–H and O–H groups in total. The molecule has 4 heteroatoms. The Balaban J connectivity index is 2.78. The predicted octanol–water partition coefficient (Wildman–Crippen LogP) is 2.16. The maximum absolute atomic E-state index is 11.8. The van der Waals surface area contributed by atoms with Crippen LogP contribution in [0.4, 0.5) is 0 Å². The summed E-state index contributed by atoms with van der Waals surface area (Å²) >= 11 is 0. The van der Waals surface area contributed by atoms with E-state index < -0.39 is 0 Å². The third-order valence-electron chi connectivity index (χ3n) is 2.86. The highest BCUT2D eigenvalue weighted by Crippen LogP contribution is 2.24. The van der Waals surface area contributed by atoms with E-state index in [-0.39, 0.29) is 11.9 Å². The van der Waals surface area contributed by atoms with Crippen LogP contribution in [-0.2, 0) is 11.2 Å². The van der Waals surface area contributed by atoms with Gasteiger partial charge in [-0.2, -0.15) is 0 Å². The van der Waals surface area contributed by atoms with Crippen molar-refractivity contribution in [3.8, 4) is 11.5 Å². The molecule has 1 atom stereocenters. The fourth-order valence-electron chi connectivity index (χ4n) is 1.62. The van der Waals surface area contributed by atoms with Gasteiger partial charge >= 0.3 is 0 Å². The maximum atomic E-state index is 11.8. The van der Waals surface area contributed by atoms with E-state index in [0.717, 1.165) is 17.7 Å². The van der Waals surface area contributed by atoms with Crippen molar-refractivity contribution < 1.29 is 14.3 Å². The SMILES string of the molecule is CC[C@@H](C)NC(=O)Cc1cc(OC)ccc1OC. The van der Waals surface area contributed by atoms with E-state index in [9.17, 15) is 4.79 Å². The van der Waals surface area contributed by atoms with Crippen LogP contribution >= 0.6 is 0 Å². The number of ether oxygens (including phenoxy) is 2. The van der Waals surface area contributed by atoms with E-state index in [2.05, 4.69) is 5.32 Å². The lowest BCUT2D eigenvalue weighted by Crippen LogP contribution is -2.33. The van der Waals surface area contributed by atoms with Crippen molar-refractivity contribution in [3.63, 3.8) is 0 Å². The van der Waals surface area contributed by atoms with Crippen LogP contribution in [0, 0.1) is 0 Å². The molecular formula is C14H21NO3. The van der Waals surface area contributed by atoms with Gasteiger partial charge < -0.3 is 14.8 Å². The number of amides is 1. The quantitative estimate of drug-likeness (QED) is 0.842. The van der Waals surface area contributed by atoms with Gasteiger partial charge in [0.05, 0.1) is 20.6 Å². The molecule has 0 radical (unpaired) electrons. The molecule has 0 heterocycles. The average Bonchev–Trinajstić information content (AvgIpc) is 2.38. The highest BCUT2D eigenvalue weighted by Gasteiger charge is 2.11. The van der Waals surface area contributed by atoms with E-state index in [1.807, 2.05) is 32.0 Å². The lowest BCUT2D eigenvalue weighted by molar-refractivity contribution is -0.121. The van der Waals surface area contributed by atoms with Crippen molar-refractivity contribution in [2.24, 2.45) is 0 Å². The van der Waals surface area contributed by atoms with Gasteiger partial charge in [0, 0.05) is 11.6 Å². The van der Waals surface area contributed by atoms with Crippen LogP contribution in [0.15, 0.2) is 18.2 Å². The highest BCUT2D eigenvalue weighted by molar-refractivity contribution is 5.79. The number of rotatable bonds is 6. The first kappa shape index (κ1) is 14.4. The third kappa shape index (κ3) is 3.95. The van der Waals surface area contributed by atoms with Crippen molar-refractivity contribution in [1.82, 2.24) is 5.32 Å². The van der Waals surface area contributed by atoms with E-state index in [4.69, 9.17) is 9.47 Å². The van der Waals surface area contributed by atoms with Crippen molar-refractivity contribution in [3.05, 3.63) is 23.8 Å². The number of hydrogen-bond donors (Lipinski definition) is 1. The minimum atomic E-state index is -0.00379. The lowest BCUT2D eigenvalue weighted by atomic mass is 10.1. The molecular weight excluding hydrogens is 230 g/mol. The first-order valence-electron chi connectivity index (χ1n) is 6.11. The summed E-state index contributed by atoms with van der Waals surface area (Å²) in [4.78, 5) is 11.8. The molecule has 1 aromatic carbocycles. The van der Waals surface area contributed by atoms with Crippen LogP contribution in [0.5, 0.6) is 11.5 Å². The number of methoxy groups -OCH3 is 2. The van der Waals surface area contributed by atoms with Gasteiger partial charge in [-0.3, -0.25) is 4.79 Å². The minimum absolute atomic E-state index is 0.00379. The molecule has 0 saturated carbocycles. The van der Waals surface area contributed by atoms with Crippen molar-refractivity contribution >= 4 is 5.91 Å². The Bertz CT molecular complexity index is 404. The summed E-state index contributed by atoms with van der Waals surface area (Å²) in [7, 11) is 3.20. The maximum Gasteiger partial charge on any atom is 0.224 e. The zero-order valence-corrected chi connectivity index (χ0v) is 11.4. The van der Waals surface area contributed by atoms with Gasteiger partial charge in [0.2, 0.25) is 5.91 Å². The van der Waals surface area contributed by atoms with Gasteiger partial charge in [-0.1, -0.05) is 6.92 Å². The molecule has 0 aromatic heterocycles. The second kappa shape index (κ2) is 6.89. The molecule has 1 amide bonds. The summed E-state index contributed by atoms with van der Waals surface area (Å²) < 4.78 is 10.4. The number of carbonyl (C=O) groups is 1. The first-order valence-corrected chi connectivity index (χ1v) is 6.11. The zero-order chi connectivity index (χ0) is 13.5. The number of hydrogen-bond acceptors (Lipinski definition) is 3. The molecule has 0 fully saturated rings. The van der Waals surface area contributed by atoms with Gasteiger partial charge in [-0.05, 0) is 31.5 Å². The van der Waals surface area contributed by atoms with Crippen molar-refractivity contribution in [2.75, 3.05) is 14.2 Å². The van der Waals surface area contributed by atoms with Crippen LogP contribution in [-0.4, -0.2) is 26.2 Å². The lowest BCUT2D eigenvalue weighted by Gasteiger charge is -2.13. The van der Waals surface area contributed by atoms with Gasteiger partial charge in [0.25, 0.3) is 0 Å². The summed E-state index contributed by atoms with van der Waals surface area (Å²) in [5.74, 6) is 1.42. The predicted molar refractivity (Wildman–Crippen MR) is 71.1 cm³/mol. The standard InChI is InChI=1S/C14H21NO3/c1-5-10(2)15-14(16)9-11-8-12(17-3)6-7-13(11)18-4/h6-8,10H,5,9H2,1-4H3,(H,15,16)/t10-/m1/s1. The summed E-state index contributed by atoms with van der Waals surface area (Å²) in [5, 5.41) is 2.93. The van der Waals surface area contributed by atoms with Crippen LogP contribution in [0.1, 0.15) is 25.8 Å². The second-order valence-electron chi connectivity index (χ2n) is 4.23. The van der Waals surface area contributed by atoms with Crippen LogP contribution in [0.3, 0.4) is 0 Å². The Kier molecular flexibility index (Phi) is 5.49. The van der Waals surface area contributed by atoms with E-state index in [1.54, 1.807) is 14.2 Å². The molecule has 0 unspecified atom stereocenters. The molecule has 0 aliphatic heterocycles. The Morgan fingerprint density at radius 1 is 1.33 bits per heavy atom. The average molecular weight is 251 g/mol. The van der Waals surface area contributed by atoms with Gasteiger partial charge in [-0.15, -0.1) is 0 Å². The number of carbonyl (C=O) groups excluding carboxylic acids is 1. The molecule has 18 heavy (non-hydrogen) atoms. The summed E-state index contributed by atoms with van der Waals surface area (Å²) in [6.45, 7) is 4.03. The van der Waals surface area contributed by atoms with E-state index in [1.165, 1.54) is 0 Å². The second-order valence-corrected chi connectivity index (χ2v) is 4.23. The molecule has 0 aliphatic carbocycles. The molecule has 1 rings (SSSR count). The molecule has 4 nitrogen and oxygen atoms in total. The zero-order valence-electron chi connectivity index (χ0n) is 11.4. The largest absolute Gasteiger partial charge is 0.497 e. The van der Waals surface area contributed by atoms with Crippen LogP contribution in [0.25, 0.3) is 0 Å². The summed E-state index contributed by atoms with van der Waals surface area (Å²) in [5.41, 5.74) is 0.831. The fraction of sp³-hybridized carbons (Fsp3) is 0.500. The van der Waals surface area contributed by atoms with Gasteiger partial charge in [0.1, 0.15) is 11.5 Å². The molecule has 0 bridgehead atoms. The monoisotopic (exact) mass is 251 g/mol. The molecule has 0 aliphatic rings. The Morgan fingerprint density at radius 2 is 2.06 bits per heavy atom. The van der Waals surface area contributed by atoms with E-state index >= 15 is 0 Å². The number of benzene rings is 1. The molecule has 100 valence electrons. The first-order chi connectivity index (χ1) is 8.60. The Labute approximate surface area is 108 Å². The minimum Gasteiger partial charge on any atom is -0.497 e. The van der Waals surface area contributed by atoms with Crippen LogP contribution < -0.4 is 14.8 Å². The third-order valence-corrected chi connectivity index (χ3v) is 2.86. The number of nitrogens with one attached hydrogen (secondary N) is 1. The summed E-state index contributed by atoms with van der Waals surface area (Å²) in [6, 6.07) is 5.64. The molecule has 0 saturated heterocycles. The van der Waals surface area contributed by atoms with E-state index in [0.29, 0.717) is 12.2 Å². The normalized spacial score (nSPS) is 11.8. The summed E-state index contributed by atoms with van der Waals surface area (Å²) in [6.07, 6.45) is 1.21. The Morgan fingerprint density at radius 3 is 2.61 bits per heavy atom. The van der Waals surface area contributed by atoms with Crippen molar-refractivity contribution in [1.29, 1.82) is 0 Å². The smallest absolute Gasteiger partial charge is 0.224 e. The highest BCUT2D eigenvalue weighted by atomic mass is 16.5. The topological polar surface area (TPSA) is 47.6 Å². The molecule has 1 aromatic rings. The Hall–Kier alpha value is -1.71. The van der Waals surface area contributed by atoms with Crippen molar-refractivity contribution in [2.45, 2.75) is 32.7 Å². The van der Waals surface area contributed by atoms with Gasteiger partial charge in [-0.25, -0.2) is 0 Å².